The largest absolute Gasteiger partial charge is 0.394 e. The maximum absolute atomic E-state index is 12.4. The topological polar surface area (TPSA) is 81.6 Å². The molecule has 1 amide bonds. The summed E-state index contributed by atoms with van der Waals surface area (Å²) in [4.78, 5) is 25.2. The predicted molar refractivity (Wildman–Crippen MR) is 102 cm³/mol. The Labute approximate surface area is 155 Å². The SMILES string of the molecule is O=C(CCNc1cc(N2CCCCC2CO)ncn1)N1CCCCCC1. The lowest BCUT2D eigenvalue weighted by molar-refractivity contribution is -0.130. The first-order valence-corrected chi connectivity index (χ1v) is 9.99. The summed E-state index contributed by atoms with van der Waals surface area (Å²) in [6.45, 7) is 3.43. The van der Waals surface area contributed by atoms with Gasteiger partial charge in [-0.05, 0) is 32.1 Å². The lowest BCUT2D eigenvalue weighted by Crippen LogP contribution is -2.42. The second-order valence-electron chi connectivity index (χ2n) is 7.26. The number of amides is 1. The van der Waals surface area contributed by atoms with Crippen molar-refractivity contribution in [3.63, 3.8) is 0 Å². The minimum atomic E-state index is 0.135. The molecule has 7 nitrogen and oxygen atoms in total. The van der Waals surface area contributed by atoms with Gasteiger partial charge in [0.15, 0.2) is 0 Å². The van der Waals surface area contributed by atoms with Crippen molar-refractivity contribution in [2.75, 3.05) is 43.0 Å². The van der Waals surface area contributed by atoms with Crippen LogP contribution in [0, 0.1) is 0 Å². The molecule has 1 atom stereocenters. The molecule has 0 spiro atoms. The standard InChI is InChI=1S/C19H31N5O2/c25-14-16-7-3-6-12-24(16)18-13-17(21-15-22-18)20-9-8-19(26)23-10-4-1-2-5-11-23/h13,15-16,25H,1-12,14H2,(H,20,21,22). The summed E-state index contributed by atoms with van der Waals surface area (Å²) in [7, 11) is 0. The number of piperidine rings is 1. The lowest BCUT2D eigenvalue weighted by Gasteiger charge is -2.35. The maximum Gasteiger partial charge on any atom is 0.224 e. The highest BCUT2D eigenvalue weighted by atomic mass is 16.3. The number of rotatable bonds is 6. The van der Waals surface area contributed by atoms with Gasteiger partial charge < -0.3 is 20.2 Å². The number of anilines is 2. The van der Waals surface area contributed by atoms with Gasteiger partial charge in [0.1, 0.15) is 18.0 Å². The van der Waals surface area contributed by atoms with Crippen LogP contribution in [0.1, 0.15) is 51.4 Å². The van der Waals surface area contributed by atoms with Crippen LogP contribution >= 0.6 is 0 Å². The van der Waals surface area contributed by atoms with Crippen LogP contribution in [0.5, 0.6) is 0 Å². The summed E-state index contributed by atoms with van der Waals surface area (Å²) in [5, 5.41) is 12.9. The van der Waals surface area contributed by atoms with Gasteiger partial charge in [0.25, 0.3) is 0 Å². The average Bonchev–Trinajstić information content (AvgIpc) is 2.98. The number of hydrogen-bond donors (Lipinski definition) is 2. The smallest absolute Gasteiger partial charge is 0.224 e. The fourth-order valence-corrected chi connectivity index (χ4v) is 3.87. The summed E-state index contributed by atoms with van der Waals surface area (Å²) in [5.74, 6) is 1.81. The fraction of sp³-hybridized carbons (Fsp3) is 0.737. The van der Waals surface area contributed by atoms with E-state index < -0.39 is 0 Å². The van der Waals surface area contributed by atoms with E-state index in [0.29, 0.717) is 13.0 Å². The predicted octanol–water partition coefficient (Wildman–Crippen LogP) is 2.03. The van der Waals surface area contributed by atoms with Gasteiger partial charge in [-0.1, -0.05) is 12.8 Å². The molecule has 0 aromatic carbocycles. The van der Waals surface area contributed by atoms with E-state index in [1.165, 1.54) is 12.8 Å². The van der Waals surface area contributed by atoms with Crippen molar-refractivity contribution >= 4 is 17.5 Å². The normalized spacial score (nSPS) is 21.3. The Morgan fingerprint density at radius 2 is 1.88 bits per heavy atom. The van der Waals surface area contributed by atoms with Crippen LogP contribution in [-0.2, 0) is 4.79 Å². The van der Waals surface area contributed by atoms with Crippen molar-refractivity contribution in [1.29, 1.82) is 0 Å². The molecule has 2 aliphatic rings. The number of likely N-dealkylation sites (tertiary alicyclic amines) is 1. The minimum absolute atomic E-state index is 0.135. The number of aliphatic hydroxyl groups excluding tert-OH is 1. The Bertz CT molecular complexity index is 575. The fourth-order valence-electron chi connectivity index (χ4n) is 3.87. The average molecular weight is 361 g/mol. The van der Waals surface area contributed by atoms with Gasteiger partial charge >= 0.3 is 0 Å². The Morgan fingerprint density at radius 3 is 2.65 bits per heavy atom. The highest BCUT2D eigenvalue weighted by molar-refractivity contribution is 5.76. The number of aliphatic hydroxyl groups is 1. The monoisotopic (exact) mass is 361 g/mol. The number of aromatic nitrogens is 2. The van der Waals surface area contributed by atoms with Crippen molar-refractivity contribution < 1.29 is 9.90 Å². The van der Waals surface area contributed by atoms with Gasteiger partial charge in [0.05, 0.1) is 12.6 Å². The van der Waals surface area contributed by atoms with Gasteiger partial charge in [-0.3, -0.25) is 4.79 Å². The van der Waals surface area contributed by atoms with Crippen LogP contribution in [0.4, 0.5) is 11.6 Å². The zero-order valence-corrected chi connectivity index (χ0v) is 15.6. The lowest BCUT2D eigenvalue weighted by atomic mass is 10.0. The number of nitrogens with zero attached hydrogens (tertiary/aromatic N) is 4. The van der Waals surface area contributed by atoms with E-state index in [2.05, 4.69) is 20.2 Å². The van der Waals surface area contributed by atoms with Crippen LogP contribution < -0.4 is 10.2 Å². The third kappa shape index (κ3) is 5.06. The number of nitrogens with one attached hydrogen (secondary N) is 1. The van der Waals surface area contributed by atoms with Gasteiger partial charge in [0.2, 0.25) is 5.91 Å². The van der Waals surface area contributed by atoms with Crippen LogP contribution in [0.15, 0.2) is 12.4 Å². The van der Waals surface area contributed by atoms with Crippen LogP contribution in [0.25, 0.3) is 0 Å². The van der Waals surface area contributed by atoms with E-state index in [1.54, 1.807) is 6.33 Å². The van der Waals surface area contributed by atoms with Crippen molar-refractivity contribution in [3.05, 3.63) is 12.4 Å². The zero-order valence-electron chi connectivity index (χ0n) is 15.6. The molecule has 0 aliphatic carbocycles. The third-order valence-corrected chi connectivity index (χ3v) is 5.39. The van der Waals surface area contributed by atoms with E-state index >= 15 is 0 Å². The van der Waals surface area contributed by atoms with Crippen molar-refractivity contribution in [2.24, 2.45) is 0 Å². The first kappa shape index (κ1) is 18.9. The van der Waals surface area contributed by atoms with Gasteiger partial charge in [-0.15, -0.1) is 0 Å². The molecular weight excluding hydrogens is 330 g/mol. The Balaban J connectivity index is 1.51. The zero-order chi connectivity index (χ0) is 18.2. The molecule has 0 radical (unpaired) electrons. The molecule has 1 aromatic heterocycles. The van der Waals surface area contributed by atoms with E-state index in [0.717, 1.165) is 63.4 Å². The molecule has 3 rings (SSSR count). The van der Waals surface area contributed by atoms with Gasteiger partial charge in [0, 0.05) is 38.7 Å². The molecule has 0 bridgehead atoms. The van der Waals surface area contributed by atoms with Crippen molar-refractivity contribution in [2.45, 2.75) is 57.4 Å². The molecule has 3 heterocycles. The molecule has 1 aromatic rings. The number of carbonyl (C=O) groups is 1. The highest BCUT2D eigenvalue weighted by Gasteiger charge is 2.23. The molecule has 2 saturated heterocycles. The minimum Gasteiger partial charge on any atom is -0.394 e. The van der Waals surface area contributed by atoms with Crippen molar-refractivity contribution in [3.8, 4) is 0 Å². The quantitative estimate of drug-likeness (QED) is 0.807. The van der Waals surface area contributed by atoms with Crippen LogP contribution in [0.3, 0.4) is 0 Å². The summed E-state index contributed by atoms with van der Waals surface area (Å²) in [6, 6.07) is 2.06. The summed E-state index contributed by atoms with van der Waals surface area (Å²) >= 11 is 0. The Hall–Kier alpha value is -1.89. The first-order chi connectivity index (χ1) is 12.8. The molecule has 26 heavy (non-hydrogen) atoms. The molecule has 7 heteroatoms. The third-order valence-electron chi connectivity index (χ3n) is 5.39. The second-order valence-corrected chi connectivity index (χ2v) is 7.26. The molecule has 2 aliphatic heterocycles. The van der Waals surface area contributed by atoms with E-state index in [-0.39, 0.29) is 18.6 Å². The molecule has 2 N–H and O–H groups in total. The summed E-state index contributed by atoms with van der Waals surface area (Å²) < 4.78 is 0. The second kappa shape index (κ2) is 9.71. The summed E-state index contributed by atoms with van der Waals surface area (Å²) in [6.07, 6.45) is 10.0. The Morgan fingerprint density at radius 1 is 1.12 bits per heavy atom. The van der Waals surface area contributed by atoms with Crippen LogP contribution in [0.2, 0.25) is 0 Å². The molecule has 2 fully saturated rings. The molecule has 1 unspecified atom stereocenters. The van der Waals surface area contributed by atoms with Crippen LogP contribution in [-0.4, -0.2) is 64.7 Å². The summed E-state index contributed by atoms with van der Waals surface area (Å²) in [5.41, 5.74) is 0. The Kier molecular flexibility index (Phi) is 7.05. The number of hydrogen-bond acceptors (Lipinski definition) is 6. The van der Waals surface area contributed by atoms with Crippen molar-refractivity contribution in [1.82, 2.24) is 14.9 Å². The molecular formula is C19H31N5O2. The number of carbonyl (C=O) groups excluding carboxylic acids is 1. The van der Waals surface area contributed by atoms with Gasteiger partial charge in [-0.25, -0.2) is 9.97 Å². The molecule has 0 saturated carbocycles. The van der Waals surface area contributed by atoms with E-state index in [4.69, 9.17) is 0 Å². The highest BCUT2D eigenvalue weighted by Crippen LogP contribution is 2.24. The maximum atomic E-state index is 12.4. The van der Waals surface area contributed by atoms with E-state index in [9.17, 15) is 9.90 Å². The first-order valence-electron chi connectivity index (χ1n) is 9.99. The van der Waals surface area contributed by atoms with E-state index in [1.807, 2.05) is 11.0 Å². The molecule has 144 valence electrons. The van der Waals surface area contributed by atoms with Gasteiger partial charge in [-0.2, -0.15) is 0 Å².